The van der Waals surface area contributed by atoms with Gasteiger partial charge in [0.1, 0.15) is 0 Å². The Hall–Kier alpha value is -2.01. The van der Waals surface area contributed by atoms with Crippen LogP contribution in [0.25, 0.3) is 6.08 Å². The van der Waals surface area contributed by atoms with Crippen LogP contribution in [0.4, 0.5) is 5.69 Å². The summed E-state index contributed by atoms with van der Waals surface area (Å²) in [5.74, 6) is 5.72. The lowest BCUT2D eigenvalue weighted by Crippen LogP contribution is -1.90. The minimum atomic E-state index is 0.0968. The molecule has 2 nitrogen and oxygen atoms in total. The standard InChI is InChI=1S/C14H15NO/c1-2-3-4-5-14(16)11-8-12-6-9-13(15)10-7-12/h6-11H,4-5,15H2,1H3/b11-8+. The highest BCUT2D eigenvalue weighted by Crippen LogP contribution is 2.07. The molecule has 0 aromatic heterocycles. The Balaban J connectivity index is 2.49. The largest absolute Gasteiger partial charge is 0.399 e. The average molecular weight is 213 g/mol. The van der Waals surface area contributed by atoms with Gasteiger partial charge in [-0.1, -0.05) is 18.2 Å². The summed E-state index contributed by atoms with van der Waals surface area (Å²) in [6, 6.07) is 7.38. The van der Waals surface area contributed by atoms with Crippen molar-refractivity contribution in [3.8, 4) is 11.8 Å². The molecular formula is C14H15NO. The van der Waals surface area contributed by atoms with E-state index in [0.29, 0.717) is 12.8 Å². The Kier molecular flexibility index (Phi) is 4.88. The van der Waals surface area contributed by atoms with Gasteiger partial charge in [-0.3, -0.25) is 4.79 Å². The molecule has 1 aromatic rings. The van der Waals surface area contributed by atoms with E-state index in [-0.39, 0.29) is 5.78 Å². The number of nitrogen functional groups attached to an aromatic ring is 1. The molecule has 0 fully saturated rings. The number of carbonyl (C=O) groups is 1. The van der Waals surface area contributed by atoms with Gasteiger partial charge in [0.2, 0.25) is 0 Å². The number of benzene rings is 1. The van der Waals surface area contributed by atoms with Crippen LogP contribution in [0.5, 0.6) is 0 Å². The van der Waals surface area contributed by atoms with Crippen LogP contribution in [0.15, 0.2) is 30.3 Å². The van der Waals surface area contributed by atoms with E-state index in [1.807, 2.05) is 24.3 Å². The molecule has 0 atom stereocenters. The van der Waals surface area contributed by atoms with Gasteiger partial charge in [0.05, 0.1) is 0 Å². The first-order chi connectivity index (χ1) is 7.72. The molecule has 0 radical (unpaired) electrons. The SMILES string of the molecule is CC#CCCC(=O)/C=C/c1ccc(N)cc1. The molecule has 0 amide bonds. The van der Waals surface area contributed by atoms with Crippen molar-refractivity contribution in [2.75, 3.05) is 5.73 Å². The number of allylic oxidation sites excluding steroid dienone is 1. The summed E-state index contributed by atoms with van der Waals surface area (Å²) in [6.07, 6.45) is 4.48. The zero-order valence-electron chi connectivity index (χ0n) is 9.36. The van der Waals surface area contributed by atoms with Crippen molar-refractivity contribution < 1.29 is 4.79 Å². The third kappa shape index (κ3) is 4.47. The van der Waals surface area contributed by atoms with E-state index < -0.39 is 0 Å². The molecule has 82 valence electrons. The summed E-state index contributed by atoms with van der Waals surface area (Å²) >= 11 is 0. The maximum Gasteiger partial charge on any atom is 0.156 e. The van der Waals surface area contributed by atoms with Gasteiger partial charge in [-0.15, -0.1) is 11.8 Å². The van der Waals surface area contributed by atoms with Crippen molar-refractivity contribution in [1.82, 2.24) is 0 Å². The number of carbonyl (C=O) groups excluding carboxylic acids is 1. The molecule has 2 N–H and O–H groups in total. The predicted octanol–water partition coefficient (Wildman–Crippen LogP) is 2.65. The molecule has 0 unspecified atom stereocenters. The highest BCUT2D eigenvalue weighted by atomic mass is 16.1. The van der Waals surface area contributed by atoms with Crippen LogP contribution < -0.4 is 5.73 Å². The van der Waals surface area contributed by atoms with E-state index in [1.165, 1.54) is 0 Å². The van der Waals surface area contributed by atoms with Crippen molar-refractivity contribution in [1.29, 1.82) is 0 Å². The van der Waals surface area contributed by atoms with E-state index in [2.05, 4.69) is 11.8 Å². The van der Waals surface area contributed by atoms with E-state index >= 15 is 0 Å². The molecule has 1 rings (SSSR count). The van der Waals surface area contributed by atoms with E-state index in [1.54, 1.807) is 19.1 Å². The summed E-state index contributed by atoms with van der Waals surface area (Å²) < 4.78 is 0. The smallest absolute Gasteiger partial charge is 0.156 e. The lowest BCUT2D eigenvalue weighted by molar-refractivity contribution is -0.114. The number of ketones is 1. The predicted molar refractivity (Wildman–Crippen MR) is 67.6 cm³/mol. The van der Waals surface area contributed by atoms with Crippen LogP contribution in [0, 0.1) is 11.8 Å². The molecule has 0 saturated carbocycles. The first-order valence-electron chi connectivity index (χ1n) is 5.18. The fourth-order valence-corrected chi connectivity index (χ4v) is 1.19. The van der Waals surface area contributed by atoms with Crippen molar-refractivity contribution in [3.63, 3.8) is 0 Å². The minimum absolute atomic E-state index is 0.0968. The molecule has 2 heteroatoms. The topological polar surface area (TPSA) is 43.1 Å². The van der Waals surface area contributed by atoms with Gasteiger partial charge in [-0.05, 0) is 30.7 Å². The fraction of sp³-hybridized carbons (Fsp3) is 0.214. The zero-order chi connectivity index (χ0) is 11.8. The molecule has 0 bridgehead atoms. The first kappa shape index (κ1) is 12.1. The van der Waals surface area contributed by atoms with Crippen LogP contribution in [0.2, 0.25) is 0 Å². The fourth-order valence-electron chi connectivity index (χ4n) is 1.19. The van der Waals surface area contributed by atoms with Crippen LogP contribution in [-0.2, 0) is 4.79 Å². The summed E-state index contributed by atoms with van der Waals surface area (Å²) in [7, 11) is 0. The second-order valence-electron chi connectivity index (χ2n) is 3.39. The van der Waals surface area contributed by atoms with Gasteiger partial charge < -0.3 is 5.73 Å². The monoisotopic (exact) mass is 213 g/mol. The van der Waals surface area contributed by atoms with Gasteiger partial charge in [0.25, 0.3) is 0 Å². The van der Waals surface area contributed by atoms with Crippen molar-refractivity contribution in [2.45, 2.75) is 19.8 Å². The van der Waals surface area contributed by atoms with Crippen LogP contribution >= 0.6 is 0 Å². The maximum absolute atomic E-state index is 11.4. The van der Waals surface area contributed by atoms with Gasteiger partial charge in [0, 0.05) is 18.5 Å². The summed E-state index contributed by atoms with van der Waals surface area (Å²) in [6.45, 7) is 1.77. The normalized spacial score (nSPS) is 9.81. The molecule has 0 spiro atoms. The highest BCUT2D eigenvalue weighted by Gasteiger charge is 1.94. The Bertz CT molecular complexity index is 432. The summed E-state index contributed by atoms with van der Waals surface area (Å²) in [5, 5.41) is 0. The van der Waals surface area contributed by atoms with Gasteiger partial charge >= 0.3 is 0 Å². The highest BCUT2D eigenvalue weighted by molar-refractivity contribution is 5.93. The molecule has 0 aliphatic heterocycles. The number of hydrogen-bond acceptors (Lipinski definition) is 2. The second-order valence-corrected chi connectivity index (χ2v) is 3.39. The lowest BCUT2D eigenvalue weighted by Gasteiger charge is -1.94. The van der Waals surface area contributed by atoms with E-state index in [4.69, 9.17) is 5.73 Å². The lowest BCUT2D eigenvalue weighted by atomic mass is 10.1. The zero-order valence-corrected chi connectivity index (χ0v) is 9.36. The van der Waals surface area contributed by atoms with Crippen LogP contribution in [-0.4, -0.2) is 5.78 Å². The van der Waals surface area contributed by atoms with Crippen molar-refractivity contribution in [2.24, 2.45) is 0 Å². The van der Waals surface area contributed by atoms with E-state index in [9.17, 15) is 4.79 Å². The summed E-state index contributed by atoms with van der Waals surface area (Å²) in [4.78, 5) is 11.4. The Morgan fingerprint density at radius 1 is 1.38 bits per heavy atom. The maximum atomic E-state index is 11.4. The van der Waals surface area contributed by atoms with Crippen LogP contribution in [0.3, 0.4) is 0 Å². The molecule has 0 heterocycles. The molecule has 16 heavy (non-hydrogen) atoms. The number of anilines is 1. The molecule has 0 saturated heterocycles. The van der Waals surface area contributed by atoms with Crippen molar-refractivity contribution >= 4 is 17.5 Å². The Morgan fingerprint density at radius 2 is 2.06 bits per heavy atom. The second kappa shape index (κ2) is 6.47. The van der Waals surface area contributed by atoms with Gasteiger partial charge in [-0.2, -0.15) is 0 Å². The number of rotatable bonds is 4. The van der Waals surface area contributed by atoms with Gasteiger partial charge in [-0.25, -0.2) is 0 Å². The average Bonchev–Trinajstić information content (AvgIpc) is 2.29. The molecular weight excluding hydrogens is 198 g/mol. The number of hydrogen-bond donors (Lipinski definition) is 1. The van der Waals surface area contributed by atoms with Gasteiger partial charge in [0.15, 0.2) is 5.78 Å². The molecule has 1 aromatic carbocycles. The molecule has 0 aliphatic rings. The Morgan fingerprint density at radius 3 is 2.69 bits per heavy atom. The quantitative estimate of drug-likeness (QED) is 0.474. The van der Waals surface area contributed by atoms with E-state index in [0.717, 1.165) is 11.3 Å². The van der Waals surface area contributed by atoms with Crippen LogP contribution in [0.1, 0.15) is 25.3 Å². The Labute approximate surface area is 96.2 Å². The van der Waals surface area contributed by atoms with Crippen molar-refractivity contribution in [3.05, 3.63) is 35.9 Å². The number of nitrogens with two attached hydrogens (primary N) is 1. The molecule has 0 aliphatic carbocycles. The first-order valence-corrected chi connectivity index (χ1v) is 5.18. The third-order valence-corrected chi connectivity index (χ3v) is 2.07. The third-order valence-electron chi connectivity index (χ3n) is 2.07. The summed E-state index contributed by atoms with van der Waals surface area (Å²) in [5.41, 5.74) is 7.26. The minimum Gasteiger partial charge on any atom is -0.399 e.